The van der Waals surface area contributed by atoms with E-state index in [-0.39, 0.29) is 29.2 Å². The van der Waals surface area contributed by atoms with Crippen LogP contribution >= 0.6 is 17.0 Å². The summed E-state index contributed by atoms with van der Waals surface area (Å²) in [7, 11) is 3.75. The highest BCUT2D eigenvalue weighted by atomic mass is 79.9. The van der Waals surface area contributed by atoms with Crippen LogP contribution < -0.4 is 0 Å². The van der Waals surface area contributed by atoms with Crippen LogP contribution in [0.2, 0.25) is 0 Å². The zero-order chi connectivity index (χ0) is 9.72. The summed E-state index contributed by atoms with van der Waals surface area (Å²) in [5, 5.41) is 0. The van der Waals surface area contributed by atoms with Gasteiger partial charge in [0.05, 0.1) is 0 Å². The molecule has 0 bridgehead atoms. The number of rotatable bonds is 4. The third-order valence-electron chi connectivity index (χ3n) is 1.52. The van der Waals surface area contributed by atoms with Crippen molar-refractivity contribution in [3.63, 3.8) is 0 Å². The number of nitrogens with zero attached hydrogens (tertiary/aromatic N) is 1. The number of hydrogen-bond donors (Lipinski definition) is 0. The summed E-state index contributed by atoms with van der Waals surface area (Å²) in [6, 6.07) is 0. The van der Waals surface area contributed by atoms with Crippen molar-refractivity contribution in [2.24, 2.45) is 0 Å². The molecule has 0 aromatic carbocycles. The maximum atomic E-state index is 11.1. The van der Waals surface area contributed by atoms with Gasteiger partial charge in [-0.05, 0) is 27.4 Å². The molecule has 0 saturated heterocycles. The summed E-state index contributed by atoms with van der Waals surface area (Å²) in [6.45, 7) is 7.12. The minimum absolute atomic E-state index is 0. The quantitative estimate of drug-likeness (QED) is 0.435. The summed E-state index contributed by atoms with van der Waals surface area (Å²) in [4.78, 5) is 12.9. The predicted molar refractivity (Wildman–Crippen MR) is 59.0 cm³/mol. The molecule has 0 heterocycles. The lowest BCUT2D eigenvalue weighted by atomic mass is 10.3. The van der Waals surface area contributed by atoms with Gasteiger partial charge in [-0.2, -0.15) is 0 Å². The van der Waals surface area contributed by atoms with Gasteiger partial charge in [-0.15, -0.1) is 17.0 Å². The molecule has 0 aromatic rings. The van der Waals surface area contributed by atoms with Gasteiger partial charge in [0.1, 0.15) is 0 Å². The van der Waals surface area contributed by atoms with Gasteiger partial charge in [0.25, 0.3) is 0 Å². The molecule has 1 unspecified atom stereocenters. The number of hydrogen-bond acceptors (Lipinski definition) is 3. The molecule has 0 radical (unpaired) electrons. The normalized spacial score (nSPS) is 11.8. The smallest absolute Gasteiger partial charge is 0.334 e. The molecule has 0 N–H and O–H groups in total. The molecule has 1 atom stereocenters. The zero-order valence-corrected chi connectivity index (χ0v) is 10.4. The van der Waals surface area contributed by atoms with Crippen molar-refractivity contribution in [2.45, 2.75) is 26.5 Å². The molecule has 4 heteroatoms. The largest absolute Gasteiger partial charge is 0.443 e. The maximum absolute atomic E-state index is 11.1. The van der Waals surface area contributed by atoms with E-state index < -0.39 is 0 Å². The molecule has 0 aliphatic rings. The summed E-state index contributed by atoms with van der Waals surface area (Å²) >= 11 is 0. The Morgan fingerprint density at radius 1 is 1.54 bits per heavy atom. The predicted octanol–water partition coefficient (Wildman–Crippen LogP) is 1.98. The van der Waals surface area contributed by atoms with Crippen molar-refractivity contribution in [3.05, 3.63) is 12.2 Å². The topological polar surface area (TPSA) is 29.5 Å². The van der Waals surface area contributed by atoms with Crippen LogP contribution in [0.3, 0.4) is 0 Å². The average Bonchev–Trinajstić information content (AvgIpc) is 1.98. The summed E-state index contributed by atoms with van der Waals surface area (Å²) in [5.41, 5.74) is 0.440. The second-order valence-corrected chi connectivity index (χ2v) is 3.01. The van der Waals surface area contributed by atoms with E-state index in [4.69, 9.17) is 4.74 Å². The molecule has 3 nitrogen and oxygen atoms in total. The maximum Gasteiger partial charge on any atom is 0.334 e. The molecule has 0 rings (SSSR count). The number of halogens is 1. The van der Waals surface area contributed by atoms with Crippen molar-refractivity contribution in [2.75, 3.05) is 14.1 Å². The third-order valence-corrected chi connectivity index (χ3v) is 1.52. The van der Waals surface area contributed by atoms with Gasteiger partial charge in [0.2, 0.25) is 0 Å². The minimum atomic E-state index is -0.324. The molecule has 0 spiro atoms. The summed E-state index contributed by atoms with van der Waals surface area (Å²) in [5.74, 6) is -0.324. The van der Waals surface area contributed by atoms with Crippen molar-refractivity contribution in [3.8, 4) is 0 Å². The second kappa shape index (κ2) is 7.09. The highest BCUT2D eigenvalue weighted by Crippen LogP contribution is 2.04. The van der Waals surface area contributed by atoms with Crippen molar-refractivity contribution in [1.82, 2.24) is 4.90 Å². The Kier molecular flexibility index (Phi) is 8.26. The van der Waals surface area contributed by atoms with Gasteiger partial charge in [-0.3, -0.25) is 4.90 Å². The van der Waals surface area contributed by atoms with E-state index in [0.29, 0.717) is 5.57 Å². The summed E-state index contributed by atoms with van der Waals surface area (Å²) < 4.78 is 5.11. The standard InChI is InChI=1S/C9H17NO2.BrH/c1-6-8(10(4)5)12-9(11)7(2)3;/h8H,2,6H2,1,3-5H3;1H. The van der Waals surface area contributed by atoms with Gasteiger partial charge in [-0.1, -0.05) is 13.5 Å². The summed E-state index contributed by atoms with van der Waals surface area (Å²) in [6.07, 6.45) is 0.639. The van der Waals surface area contributed by atoms with Gasteiger partial charge in [0.15, 0.2) is 6.23 Å². The Morgan fingerprint density at radius 3 is 2.23 bits per heavy atom. The fourth-order valence-corrected chi connectivity index (χ4v) is 0.778. The number of carbonyl (C=O) groups excluding carboxylic acids is 1. The van der Waals surface area contributed by atoms with Crippen molar-refractivity contribution >= 4 is 23.0 Å². The first kappa shape index (κ1) is 15.1. The van der Waals surface area contributed by atoms with E-state index in [2.05, 4.69) is 6.58 Å². The van der Waals surface area contributed by atoms with Crippen LogP contribution in [0, 0.1) is 0 Å². The fraction of sp³-hybridized carbons (Fsp3) is 0.667. The molecule has 0 aliphatic heterocycles. The van der Waals surface area contributed by atoms with Gasteiger partial charge < -0.3 is 4.74 Å². The first-order valence-corrected chi connectivity index (χ1v) is 4.02. The Hall–Kier alpha value is -0.350. The molecule has 13 heavy (non-hydrogen) atoms. The van der Waals surface area contributed by atoms with Gasteiger partial charge in [0, 0.05) is 5.57 Å². The highest BCUT2D eigenvalue weighted by Gasteiger charge is 2.14. The number of carbonyl (C=O) groups is 1. The van der Waals surface area contributed by atoms with Crippen molar-refractivity contribution < 1.29 is 9.53 Å². The monoisotopic (exact) mass is 251 g/mol. The molecule has 0 aliphatic carbocycles. The Balaban J connectivity index is 0. The first-order chi connectivity index (χ1) is 5.49. The van der Waals surface area contributed by atoms with E-state index in [9.17, 15) is 4.79 Å². The Morgan fingerprint density at radius 2 is 2.00 bits per heavy atom. The van der Waals surface area contributed by atoms with Crippen LogP contribution in [0.25, 0.3) is 0 Å². The van der Waals surface area contributed by atoms with E-state index in [1.165, 1.54) is 0 Å². The average molecular weight is 252 g/mol. The van der Waals surface area contributed by atoms with Crippen LogP contribution in [0.15, 0.2) is 12.2 Å². The Labute approximate surface area is 90.5 Å². The van der Waals surface area contributed by atoms with E-state index >= 15 is 0 Å². The molecule has 0 amide bonds. The zero-order valence-electron chi connectivity index (χ0n) is 8.66. The van der Waals surface area contributed by atoms with Crippen LogP contribution in [0.1, 0.15) is 20.3 Å². The molecule has 0 saturated carbocycles. The van der Waals surface area contributed by atoms with Gasteiger partial charge in [-0.25, -0.2) is 4.79 Å². The Bertz CT molecular complexity index is 180. The SMILES string of the molecule is Br.C=C(C)C(=O)OC(CC)N(C)C. The number of esters is 1. The van der Waals surface area contributed by atoms with Crippen LogP contribution in [0.4, 0.5) is 0 Å². The van der Waals surface area contributed by atoms with Crippen LogP contribution in [0.5, 0.6) is 0 Å². The second-order valence-electron chi connectivity index (χ2n) is 3.01. The minimum Gasteiger partial charge on any atom is -0.443 e. The van der Waals surface area contributed by atoms with Crippen LogP contribution in [-0.2, 0) is 9.53 Å². The molecule has 78 valence electrons. The van der Waals surface area contributed by atoms with E-state index in [1.54, 1.807) is 6.92 Å². The van der Waals surface area contributed by atoms with E-state index in [1.807, 2.05) is 25.9 Å². The fourth-order valence-electron chi connectivity index (χ4n) is 0.778. The molecule has 0 fully saturated rings. The lowest BCUT2D eigenvalue weighted by Gasteiger charge is -2.22. The molecular formula is C9H18BrNO2. The lowest BCUT2D eigenvalue weighted by molar-refractivity contribution is -0.152. The van der Waals surface area contributed by atoms with Gasteiger partial charge >= 0.3 is 5.97 Å². The number of ether oxygens (including phenoxy) is 1. The molecule has 0 aromatic heterocycles. The third kappa shape index (κ3) is 5.82. The van der Waals surface area contributed by atoms with Crippen molar-refractivity contribution in [1.29, 1.82) is 0 Å². The first-order valence-electron chi connectivity index (χ1n) is 4.02. The van der Waals surface area contributed by atoms with Crippen LogP contribution in [-0.4, -0.2) is 31.2 Å². The van der Waals surface area contributed by atoms with E-state index in [0.717, 1.165) is 6.42 Å². The molecular weight excluding hydrogens is 234 g/mol. The lowest BCUT2D eigenvalue weighted by Crippen LogP contribution is -2.32. The highest BCUT2D eigenvalue weighted by molar-refractivity contribution is 8.93.